The van der Waals surface area contributed by atoms with Gasteiger partial charge in [0.15, 0.2) is 9.84 Å². The highest BCUT2D eigenvalue weighted by Gasteiger charge is 2.34. The van der Waals surface area contributed by atoms with Gasteiger partial charge in [0.05, 0.1) is 17.1 Å². The second-order valence-electron chi connectivity index (χ2n) is 4.77. The predicted octanol–water partition coefficient (Wildman–Crippen LogP) is 2.38. The number of nitrogens with one attached hydrogen (secondary N) is 1. The first-order chi connectivity index (χ1) is 9.58. The first-order valence-corrected chi connectivity index (χ1v) is 8.58. The SMILES string of the molecule is O=C(NC1CCS(=O)(=O)C1)c1ccc(Br)c(C(F)(F)F)c1. The van der Waals surface area contributed by atoms with Crippen molar-refractivity contribution >= 4 is 31.7 Å². The van der Waals surface area contributed by atoms with Crippen LogP contribution >= 0.6 is 15.9 Å². The molecule has 0 bridgehead atoms. The molecule has 21 heavy (non-hydrogen) atoms. The average molecular weight is 386 g/mol. The Balaban J connectivity index is 2.17. The van der Waals surface area contributed by atoms with E-state index in [2.05, 4.69) is 21.2 Å². The molecular formula is C12H11BrF3NO3S. The summed E-state index contributed by atoms with van der Waals surface area (Å²) < 4.78 is 60.7. The van der Waals surface area contributed by atoms with Crippen LogP contribution in [-0.2, 0) is 16.0 Å². The van der Waals surface area contributed by atoms with Crippen LogP contribution in [0, 0.1) is 0 Å². The molecule has 1 aliphatic rings. The van der Waals surface area contributed by atoms with Gasteiger partial charge in [-0.15, -0.1) is 0 Å². The number of rotatable bonds is 2. The standard InChI is InChI=1S/C12H11BrF3NO3S/c13-10-2-1-7(5-9(10)12(14,15)16)11(18)17-8-3-4-21(19,20)6-8/h1-2,5,8H,3-4,6H2,(H,17,18). The zero-order valence-corrected chi connectivity index (χ0v) is 13.0. The minimum Gasteiger partial charge on any atom is -0.348 e. The van der Waals surface area contributed by atoms with Crippen molar-refractivity contribution in [2.24, 2.45) is 0 Å². The molecule has 0 saturated carbocycles. The summed E-state index contributed by atoms with van der Waals surface area (Å²) in [5.74, 6) is -0.914. The van der Waals surface area contributed by atoms with Crippen molar-refractivity contribution in [2.75, 3.05) is 11.5 Å². The van der Waals surface area contributed by atoms with Gasteiger partial charge >= 0.3 is 6.18 Å². The second kappa shape index (κ2) is 5.60. The normalized spacial score (nSPS) is 21.2. The molecular weight excluding hydrogens is 375 g/mol. The molecule has 1 fully saturated rings. The minimum absolute atomic E-state index is 0.0217. The fourth-order valence-electron chi connectivity index (χ4n) is 2.06. The lowest BCUT2D eigenvalue weighted by Gasteiger charge is -2.13. The van der Waals surface area contributed by atoms with E-state index in [0.29, 0.717) is 0 Å². The fourth-order valence-corrected chi connectivity index (χ4v) is 4.21. The second-order valence-corrected chi connectivity index (χ2v) is 7.85. The van der Waals surface area contributed by atoms with Crippen molar-refractivity contribution in [1.29, 1.82) is 0 Å². The highest BCUT2D eigenvalue weighted by molar-refractivity contribution is 9.10. The van der Waals surface area contributed by atoms with Crippen molar-refractivity contribution in [3.05, 3.63) is 33.8 Å². The van der Waals surface area contributed by atoms with Crippen LogP contribution in [0.3, 0.4) is 0 Å². The van der Waals surface area contributed by atoms with Crippen LogP contribution in [-0.4, -0.2) is 31.9 Å². The Bertz CT molecular complexity index is 673. The molecule has 1 N–H and O–H groups in total. The van der Waals surface area contributed by atoms with Gasteiger partial charge in [-0.1, -0.05) is 15.9 Å². The maximum absolute atomic E-state index is 12.8. The topological polar surface area (TPSA) is 63.2 Å². The number of hydrogen-bond donors (Lipinski definition) is 1. The zero-order chi connectivity index (χ0) is 15.8. The molecule has 0 aliphatic carbocycles. The number of carbonyl (C=O) groups excluding carboxylic acids is 1. The number of carbonyl (C=O) groups is 1. The summed E-state index contributed by atoms with van der Waals surface area (Å²) in [6.45, 7) is 0. The van der Waals surface area contributed by atoms with Crippen LogP contribution < -0.4 is 5.32 Å². The fraction of sp³-hybridized carbons (Fsp3) is 0.417. The van der Waals surface area contributed by atoms with Gasteiger partial charge in [-0.25, -0.2) is 8.42 Å². The summed E-state index contributed by atoms with van der Waals surface area (Å²) in [6.07, 6.45) is -4.30. The third-order valence-corrected chi connectivity index (χ3v) is 5.56. The molecule has 1 saturated heterocycles. The highest BCUT2D eigenvalue weighted by atomic mass is 79.9. The predicted molar refractivity (Wildman–Crippen MR) is 73.7 cm³/mol. The van der Waals surface area contributed by atoms with E-state index in [1.165, 1.54) is 6.07 Å². The Labute approximate surface area is 127 Å². The van der Waals surface area contributed by atoms with E-state index < -0.39 is 33.5 Å². The first-order valence-electron chi connectivity index (χ1n) is 5.96. The third kappa shape index (κ3) is 3.97. The maximum atomic E-state index is 12.8. The van der Waals surface area contributed by atoms with Crippen LogP contribution in [0.25, 0.3) is 0 Å². The number of halogens is 4. The molecule has 1 amide bonds. The lowest BCUT2D eigenvalue weighted by molar-refractivity contribution is -0.138. The van der Waals surface area contributed by atoms with E-state index >= 15 is 0 Å². The first kappa shape index (κ1) is 16.3. The minimum atomic E-state index is -4.58. The molecule has 0 aromatic heterocycles. The summed E-state index contributed by atoms with van der Waals surface area (Å²) in [4.78, 5) is 11.9. The van der Waals surface area contributed by atoms with Crippen LogP contribution in [0.15, 0.2) is 22.7 Å². The summed E-state index contributed by atoms with van der Waals surface area (Å²) in [5.41, 5.74) is -1.11. The lowest BCUT2D eigenvalue weighted by Crippen LogP contribution is -2.35. The van der Waals surface area contributed by atoms with Gasteiger partial charge < -0.3 is 5.32 Å². The molecule has 2 rings (SSSR count). The lowest BCUT2D eigenvalue weighted by atomic mass is 10.1. The summed E-state index contributed by atoms with van der Waals surface area (Å²) in [7, 11) is -3.16. The molecule has 1 atom stereocenters. The van der Waals surface area contributed by atoms with Crippen LogP contribution in [0.5, 0.6) is 0 Å². The molecule has 0 spiro atoms. The Morgan fingerprint density at radius 3 is 2.52 bits per heavy atom. The number of hydrogen-bond acceptors (Lipinski definition) is 3. The van der Waals surface area contributed by atoms with E-state index in [1.807, 2.05) is 0 Å². The largest absolute Gasteiger partial charge is 0.417 e. The Hall–Kier alpha value is -1.09. The van der Waals surface area contributed by atoms with Gasteiger partial charge in [0.1, 0.15) is 0 Å². The number of alkyl halides is 3. The third-order valence-electron chi connectivity index (χ3n) is 3.10. The van der Waals surface area contributed by atoms with Crippen molar-refractivity contribution in [3.8, 4) is 0 Å². The molecule has 1 aliphatic heterocycles. The van der Waals surface area contributed by atoms with Crippen LogP contribution in [0.2, 0.25) is 0 Å². The average Bonchev–Trinajstić information content (AvgIpc) is 2.67. The van der Waals surface area contributed by atoms with E-state index in [-0.39, 0.29) is 28.0 Å². The van der Waals surface area contributed by atoms with Crippen molar-refractivity contribution < 1.29 is 26.4 Å². The molecule has 9 heteroatoms. The van der Waals surface area contributed by atoms with Gasteiger partial charge in [0, 0.05) is 16.1 Å². The molecule has 1 aromatic carbocycles. The summed E-state index contributed by atoms with van der Waals surface area (Å²) in [5, 5.41) is 2.45. The molecule has 0 radical (unpaired) electrons. The molecule has 116 valence electrons. The number of benzene rings is 1. The Morgan fingerprint density at radius 2 is 2.00 bits per heavy atom. The maximum Gasteiger partial charge on any atom is 0.417 e. The number of sulfone groups is 1. The van der Waals surface area contributed by atoms with Gasteiger partial charge in [-0.2, -0.15) is 13.2 Å². The quantitative estimate of drug-likeness (QED) is 0.849. The van der Waals surface area contributed by atoms with Crippen molar-refractivity contribution in [3.63, 3.8) is 0 Å². The monoisotopic (exact) mass is 385 g/mol. The van der Waals surface area contributed by atoms with E-state index in [0.717, 1.165) is 12.1 Å². The molecule has 1 aromatic rings. The van der Waals surface area contributed by atoms with Crippen molar-refractivity contribution in [2.45, 2.75) is 18.6 Å². The van der Waals surface area contributed by atoms with E-state index in [1.54, 1.807) is 0 Å². The smallest absolute Gasteiger partial charge is 0.348 e. The van der Waals surface area contributed by atoms with E-state index in [9.17, 15) is 26.4 Å². The highest BCUT2D eigenvalue weighted by Crippen LogP contribution is 2.35. The van der Waals surface area contributed by atoms with Gasteiger partial charge in [-0.05, 0) is 24.6 Å². The van der Waals surface area contributed by atoms with Gasteiger partial charge in [0.2, 0.25) is 0 Å². The zero-order valence-electron chi connectivity index (χ0n) is 10.6. The summed E-state index contributed by atoms with van der Waals surface area (Å²) >= 11 is 2.79. The van der Waals surface area contributed by atoms with E-state index in [4.69, 9.17) is 0 Å². The molecule has 4 nitrogen and oxygen atoms in total. The molecule has 1 heterocycles. The Kier molecular flexibility index (Phi) is 4.34. The van der Waals surface area contributed by atoms with Gasteiger partial charge in [-0.3, -0.25) is 4.79 Å². The Morgan fingerprint density at radius 1 is 1.33 bits per heavy atom. The van der Waals surface area contributed by atoms with Gasteiger partial charge in [0.25, 0.3) is 5.91 Å². The number of amides is 1. The van der Waals surface area contributed by atoms with Crippen molar-refractivity contribution in [1.82, 2.24) is 5.32 Å². The summed E-state index contributed by atoms with van der Waals surface area (Å²) in [6, 6.07) is 2.57. The molecule has 1 unspecified atom stereocenters. The van der Waals surface area contributed by atoms with Crippen LogP contribution in [0.1, 0.15) is 22.3 Å². The van der Waals surface area contributed by atoms with Crippen LogP contribution in [0.4, 0.5) is 13.2 Å².